The zero-order valence-electron chi connectivity index (χ0n) is 16.5. The van der Waals surface area contributed by atoms with Crippen LogP contribution in [-0.2, 0) is 9.59 Å². The van der Waals surface area contributed by atoms with Crippen LogP contribution in [0.15, 0.2) is 0 Å². The number of urea groups is 1. The lowest BCUT2D eigenvalue weighted by Gasteiger charge is -2.57. The van der Waals surface area contributed by atoms with E-state index in [9.17, 15) is 14.4 Å². The summed E-state index contributed by atoms with van der Waals surface area (Å²) in [5.41, 5.74) is -0.911. The molecule has 6 aliphatic rings. The molecular weight excluding hydrogens is 342 g/mol. The van der Waals surface area contributed by atoms with Gasteiger partial charge in [-0.15, -0.1) is 0 Å². The molecule has 4 amide bonds. The molecule has 27 heavy (non-hydrogen) atoms. The van der Waals surface area contributed by atoms with E-state index in [4.69, 9.17) is 0 Å². The minimum Gasteiger partial charge on any atom is -0.342 e. The maximum absolute atomic E-state index is 13.5. The Morgan fingerprint density at radius 3 is 1.96 bits per heavy atom. The number of carbonyl (C=O) groups is 3. The summed E-state index contributed by atoms with van der Waals surface area (Å²) >= 11 is 0. The lowest BCUT2D eigenvalue weighted by atomic mass is 9.49. The summed E-state index contributed by atoms with van der Waals surface area (Å²) in [5.74, 6) is 2.50. The van der Waals surface area contributed by atoms with E-state index in [1.165, 1.54) is 24.2 Å². The van der Waals surface area contributed by atoms with Gasteiger partial charge in [0.1, 0.15) is 5.54 Å². The zero-order chi connectivity index (χ0) is 19.0. The van der Waals surface area contributed by atoms with E-state index in [0.717, 1.165) is 37.0 Å². The average Bonchev–Trinajstić information content (AvgIpc) is 2.84. The maximum Gasteiger partial charge on any atom is 0.325 e. The lowest BCUT2D eigenvalue weighted by Crippen LogP contribution is -2.60. The van der Waals surface area contributed by atoms with Crippen molar-refractivity contribution in [1.29, 1.82) is 0 Å². The summed E-state index contributed by atoms with van der Waals surface area (Å²) in [6.07, 6.45) is 8.32. The molecule has 6 heteroatoms. The van der Waals surface area contributed by atoms with Crippen LogP contribution in [0.25, 0.3) is 0 Å². The molecule has 4 aliphatic carbocycles. The minimum absolute atomic E-state index is 0.107. The van der Waals surface area contributed by atoms with Crippen LogP contribution in [0, 0.1) is 23.2 Å². The standard InChI is InChI=1S/C21H31N3O3/c1-13(2)24-18(26)21(22-19(24)27)3-5-23(6-4-21)17(25)20-10-14-7-15(11-20)9-16(8-14)12-20/h13-16H,3-12H2,1-2H3,(H,22,27). The fraction of sp³-hybridized carbons (Fsp3) is 0.857. The molecule has 6 fully saturated rings. The van der Waals surface area contributed by atoms with Crippen molar-refractivity contribution in [2.24, 2.45) is 23.2 Å². The second-order valence-electron chi connectivity index (χ2n) is 10.3. The Bertz CT molecular complexity index is 658. The summed E-state index contributed by atoms with van der Waals surface area (Å²) in [4.78, 5) is 42.0. The summed E-state index contributed by atoms with van der Waals surface area (Å²) in [7, 11) is 0. The van der Waals surface area contributed by atoms with Gasteiger partial charge in [0, 0.05) is 19.1 Å². The molecule has 0 radical (unpaired) electrons. The van der Waals surface area contributed by atoms with Gasteiger partial charge in [-0.05, 0) is 83.0 Å². The van der Waals surface area contributed by atoms with Crippen LogP contribution in [0.5, 0.6) is 0 Å². The fourth-order valence-corrected chi connectivity index (χ4v) is 7.25. The van der Waals surface area contributed by atoms with Gasteiger partial charge in [0.15, 0.2) is 0 Å². The first kappa shape index (κ1) is 17.5. The molecule has 2 aliphatic heterocycles. The van der Waals surface area contributed by atoms with Crippen molar-refractivity contribution in [3.8, 4) is 0 Å². The van der Waals surface area contributed by atoms with Crippen LogP contribution in [0.4, 0.5) is 4.79 Å². The first-order chi connectivity index (χ1) is 12.8. The molecule has 4 bridgehead atoms. The van der Waals surface area contributed by atoms with Crippen LogP contribution < -0.4 is 5.32 Å². The van der Waals surface area contributed by atoms with Gasteiger partial charge in [-0.1, -0.05) is 0 Å². The zero-order valence-corrected chi connectivity index (χ0v) is 16.5. The predicted molar refractivity (Wildman–Crippen MR) is 99.7 cm³/mol. The van der Waals surface area contributed by atoms with Gasteiger partial charge in [0.25, 0.3) is 5.91 Å². The van der Waals surface area contributed by atoms with Crippen molar-refractivity contribution in [3.05, 3.63) is 0 Å². The summed E-state index contributed by atoms with van der Waals surface area (Å²) in [6, 6.07) is -0.417. The third-order valence-corrected chi connectivity index (χ3v) is 8.11. The Labute approximate surface area is 161 Å². The number of hydrogen-bond donors (Lipinski definition) is 1. The molecular formula is C21H31N3O3. The number of carbonyl (C=O) groups excluding carboxylic acids is 3. The number of nitrogens with one attached hydrogen (secondary N) is 1. The van der Waals surface area contributed by atoms with Gasteiger partial charge in [-0.2, -0.15) is 0 Å². The first-order valence-electron chi connectivity index (χ1n) is 10.8. The molecule has 1 spiro atoms. The van der Waals surface area contributed by atoms with Crippen LogP contribution in [0.2, 0.25) is 0 Å². The molecule has 0 unspecified atom stereocenters. The van der Waals surface area contributed by atoms with E-state index in [-0.39, 0.29) is 23.4 Å². The molecule has 6 rings (SSSR count). The van der Waals surface area contributed by atoms with Gasteiger partial charge in [-0.25, -0.2) is 4.79 Å². The third-order valence-electron chi connectivity index (χ3n) is 8.11. The molecule has 6 nitrogen and oxygen atoms in total. The molecule has 0 aromatic heterocycles. The summed E-state index contributed by atoms with van der Waals surface area (Å²) in [5, 5.41) is 2.94. The van der Waals surface area contributed by atoms with Gasteiger partial charge in [0.2, 0.25) is 5.91 Å². The van der Waals surface area contributed by atoms with Crippen molar-refractivity contribution < 1.29 is 14.4 Å². The number of amides is 4. The van der Waals surface area contributed by atoms with E-state index in [1.807, 2.05) is 18.7 Å². The highest BCUT2D eigenvalue weighted by molar-refractivity contribution is 6.07. The number of hydrogen-bond acceptors (Lipinski definition) is 3. The number of rotatable bonds is 2. The van der Waals surface area contributed by atoms with Crippen molar-refractivity contribution in [1.82, 2.24) is 15.1 Å². The second kappa shape index (κ2) is 5.71. The number of nitrogens with zero attached hydrogens (tertiary/aromatic N) is 2. The second-order valence-corrected chi connectivity index (χ2v) is 10.3. The van der Waals surface area contributed by atoms with E-state index in [2.05, 4.69) is 5.32 Å². The highest BCUT2D eigenvalue weighted by atomic mass is 16.2. The SMILES string of the molecule is CC(C)N1C(=O)NC2(CCN(C(=O)C34CC5CC(CC(C5)C3)C4)CC2)C1=O. The monoisotopic (exact) mass is 373 g/mol. The Morgan fingerprint density at radius 2 is 1.52 bits per heavy atom. The molecule has 0 atom stereocenters. The Kier molecular flexibility index (Phi) is 3.70. The quantitative estimate of drug-likeness (QED) is 0.756. The molecule has 1 N–H and O–H groups in total. The molecule has 2 heterocycles. The van der Waals surface area contributed by atoms with Crippen LogP contribution >= 0.6 is 0 Å². The van der Waals surface area contributed by atoms with Gasteiger partial charge < -0.3 is 10.2 Å². The van der Waals surface area contributed by atoms with Gasteiger partial charge in [-0.3, -0.25) is 14.5 Å². The predicted octanol–water partition coefficient (Wildman–Crippen LogP) is 2.52. The van der Waals surface area contributed by atoms with Crippen LogP contribution in [0.1, 0.15) is 65.2 Å². The topological polar surface area (TPSA) is 69.7 Å². The first-order valence-corrected chi connectivity index (χ1v) is 10.8. The smallest absolute Gasteiger partial charge is 0.325 e. The van der Waals surface area contributed by atoms with E-state index < -0.39 is 5.54 Å². The molecule has 148 valence electrons. The Morgan fingerprint density at radius 1 is 1.00 bits per heavy atom. The van der Waals surface area contributed by atoms with Crippen molar-refractivity contribution in [3.63, 3.8) is 0 Å². The summed E-state index contributed by atoms with van der Waals surface area (Å²) in [6.45, 7) is 4.89. The normalized spacial score (nSPS) is 39.6. The fourth-order valence-electron chi connectivity index (χ4n) is 7.25. The summed E-state index contributed by atoms with van der Waals surface area (Å²) < 4.78 is 0. The van der Waals surface area contributed by atoms with Crippen molar-refractivity contribution >= 4 is 17.8 Å². The Balaban J connectivity index is 1.29. The largest absolute Gasteiger partial charge is 0.342 e. The van der Waals surface area contributed by atoms with Crippen LogP contribution in [-0.4, -0.2) is 52.3 Å². The highest BCUT2D eigenvalue weighted by Gasteiger charge is 2.58. The average molecular weight is 373 g/mol. The number of likely N-dealkylation sites (tertiary alicyclic amines) is 1. The van der Waals surface area contributed by atoms with Crippen molar-refractivity contribution in [2.45, 2.75) is 76.8 Å². The molecule has 4 saturated carbocycles. The van der Waals surface area contributed by atoms with E-state index in [1.54, 1.807) is 0 Å². The third kappa shape index (κ3) is 2.47. The van der Waals surface area contributed by atoms with E-state index >= 15 is 0 Å². The maximum atomic E-state index is 13.5. The number of imide groups is 1. The lowest BCUT2D eigenvalue weighted by molar-refractivity contribution is -0.160. The van der Waals surface area contributed by atoms with Gasteiger partial charge >= 0.3 is 6.03 Å². The molecule has 0 aromatic carbocycles. The van der Waals surface area contributed by atoms with Crippen molar-refractivity contribution in [2.75, 3.05) is 13.1 Å². The minimum atomic E-state index is -0.792. The van der Waals surface area contributed by atoms with Crippen LogP contribution in [0.3, 0.4) is 0 Å². The molecule has 2 saturated heterocycles. The Hall–Kier alpha value is -1.59. The highest BCUT2D eigenvalue weighted by Crippen LogP contribution is 2.60. The van der Waals surface area contributed by atoms with E-state index in [0.29, 0.717) is 31.8 Å². The number of piperidine rings is 1. The molecule has 0 aromatic rings. The van der Waals surface area contributed by atoms with Gasteiger partial charge in [0.05, 0.1) is 5.41 Å².